The van der Waals surface area contributed by atoms with Crippen molar-refractivity contribution >= 4 is 5.82 Å². The highest BCUT2D eigenvalue weighted by molar-refractivity contribution is 5.45. The van der Waals surface area contributed by atoms with E-state index >= 15 is 0 Å². The molecule has 88 valence electrons. The fourth-order valence-electron chi connectivity index (χ4n) is 1.97. The second-order valence-electron chi connectivity index (χ2n) is 4.19. The molecule has 5 nitrogen and oxygen atoms in total. The van der Waals surface area contributed by atoms with Crippen LogP contribution < -0.4 is 10.2 Å². The Labute approximate surface area is 96.5 Å². The molecule has 1 saturated heterocycles. The molecule has 0 aliphatic carbocycles. The maximum atomic E-state index is 4.40. The van der Waals surface area contributed by atoms with Crippen LogP contribution in [0, 0.1) is 0 Å². The predicted octanol–water partition coefficient (Wildman–Crippen LogP) is -0.0522. The molecule has 1 aromatic heterocycles. The monoisotopic (exact) mass is 221 g/mol. The van der Waals surface area contributed by atoms with Gasteiger partial charge in [-0.25, -0.2) is 9.97 Å². The Morgan fingerprint density at radius 2 is 2.06 bits per heavy atom. The molecule has 0 unspecified atom stereocenters. The molecule has 0 radical (unpaired) electrons. The number of nitrogens with one attached hydrogen (secondary N) is 1. The van der Waals surface area contributed by atoms with Gasteiger partial charge in [-0.15, -0.1) is 0 Å². The molecule has 2 heterocycles. The van der Waals surface area contributed by atoms with Crippen LogP contribution in [0.25, 0.3) is 0 Å². The lowest BCUT2D eigenvalue weighted by atomic mass is 10.2. The minimum absolute atomic E-state index is 0.822. The third-order valence-electron chi connectivity index (χ3n) is 2.93. The van der Waals surface area contributed by atoms with Crippen LogP contribution in [0.1, 0.15) is 5.56 Å². The molecule has 5 heteroatoms. The first-order chi connectivity index (χ1) is 7.81. The van der Waals surface area contributed by atoms with Gasteiger partial charge >= 0.3 is 0 Å². The molecule has 0 aromatic carbocycles. The summed E-state index contributed by atoms with van der Waals surface area (Å²) in [5.74, 6) is 1.08. The quantitative estimate of drug-likeness (QED) is 0.775. The van der Waals surface area contributed by atoms with E-state index in [1.54, 1.807) is 6.33 Å². The molecule has 1 aliphatic rings. The highest BCUT2D eigenvalue weighted by atomic mass is 15.3. The van der Waals surface area contributed by atoms with Crippen molar-refractivity contribution in [2.45, 2.75) is 6.54 Å². The Kier molecular flexibility index (Phi) is 3.69. The van der Waals surface area contributed by atoms with E-state index in [-0.39, 0.29) is 0 Å². The van der Waals surface area contributed by atoms with E-state index in [0.717, 1.165) is 38.5 Å². The lowest BCUT2D eigenvalue weighted by molar-refractivity contribution is 0.311. The summed E-state index contributed by atoms with van der Waals surface area (Å²) in [6.45, 7) is 5.11. The van der Waals surface area contributed by atoms with E-state index in [0.29, 0.717) is 0 Å². The van der Waals surface area contributed by atoms with E-state index in [4.69, 9.17) is 0 Å². The Hall–Kier alpha value is -1.20. The van der Waals surface area contributed by atoms with Crippen LogP contribution in [0.5, 0.6) is 0 Å². The van der Waals surface area contributed by atoms with Gasteiger partial charge in [0.15, 0.2) is 0 Å². The van der Waals surface area contributed by atoms with Crippen LogP contribution in [-0.2, 0) is 6.54 Å². The number of hydrogen-bond donors (Lipinski definition) is 1. The van der Waals surface area contributed by atoms with Gasteiger partial charge in [0.1, 0.15) is 12.1 Å². The average molecular weight is 221 g/mol. The third kappa shape index (κ3) is 2.48. The van der Waals surface area contributed by atoms with Gasteiger partial charge in [-0.05, 0) is 14.1 Å². The summed E-state index contributed by atoms with van der Waals surface area (Å²) in [4.78, 5) is 13.2. The molecule has 0 bridgehead atoms. The van der Waals surface area contributed by atoms with Gasteiger partial charge < -0.3 is 15.1 Å². The molecule has 0 atom stereocenters. The average Bonchev–Trinajstić information content (AvgIpc) is 2.32. The number of piperazine rings is 1. The first kappa shape index (κ1) is 11.3. The summed E-state index contributed by atoms with van der Waals surface area (Å²) in [6, 6.07) is 0. The van der Waals surface area contributed by atoms with Crippen LogP contribution in [0.15, 0.2) is 12.5 Å². The Morgan fingerprint density at radius 1 is 1.31 bits per heavy atom. The molecule has 0 saturated carbocycles. The summed E-state index contributed by atoms with van der Waals surface area (Å²) < 4.78 is 0. The normalized spacial score (nSPS) is 17.8. The second-order valence-corrected chi connectivity index (χ2v) is 4.19. The summed E-state index contributed by atoms with van der Waals surface area (Å²) in [5.41, 5.74) is 1.18. The maximum Gasteiger partial charge on any atom is 0.136 e. The zero-order valence-electron chi connectivity index (χ0n) is 9.98. The molecule has 1 N–H and O–H groups in total. The summed E-state index contributed by atoms with van der Waals surface area (Å²) in [5, 5.41) is 3.16. The lowest BCUT2D eigenvalue weighted by Gasteiger charge is -2.34. The third-order valence-corrected chi connectivity index (χ3v) is 2.93. The molecular weight excluding hydrogens is 202 g/mol. The van der Waals surface area contributed by atoms with Gasteiger partial charge in [-0.2, -0.15) is 0 Å². The molecular formula is C11H19N5. The van der Waals surface area contributed by atoms with E-state index in [2.05, 4.69) is 32.1 Å². The van der Waals surface area contributed by atoms with Crippen molar-refractivity contribution in [1.29, 1.82) is 0 Å². The number of anilines is 1. The number of aromatic nitrogens is 2. The largest absolute Gasteiger partial charge is 0.354 e. The minimum atomic E-state index is 0.822. The summed E-state index contributed by atoms with van der Waals surface area (Å²) in [7, 11) is 4.10. The number of rotatable bonds is 3. The van der Waals surface area contributed by atoms with E-state index in [1.807, 2.05) is 13.2 Å². The number of likely N-dealkylation sites (N-methyl/N-ethyl adjacent to an activating group) is 1. The van der Waals surface area contributed by atoms with Crippen LogP contribution in [-0.4, -0.2) is 55.1 Å². The number of nitrogens with zero attached hydrogens (tertiary/aromatic N) is 4. The zero-order chi connectivity index (χ0) is 11.4. The fourth-order valence-corrected chi connectivity index (χ4v) is 1.97. The molecule has 2 rings (SSSR count). The van der Waals surface area contributed by atoms with E-state index in [9.17, 15) is 0 Å². The van der Waals surface area contributed by atoms with Crippen LogP contribution in [0.2, 0.25) is 0 Å². The van der Waals surface area contributed by atoms with Crippen molar-refractivity contribution in [3.05, 3.63) is 18.1 Å². The van der Waals surface area contributed by atoms with Crippen molar-refractivity contribution in [2.24, 2.45) is 0 Å². The Bertz CT molecular complexity index is 333. The summed E-state index contributed by atoms with van der Waals surface area (Å²) in [6.07, 6.45) is 3.53. The fraction of sp³-hybridized carbons (Fsp3) is 0.636. The Morgan fingerprint density at radius 3 is 2.75 bits per heavy atom. The maximum absolute atomic E-state index is 4.40. The van der Waals surface area contributed by atoms with E-state index < -0.39 is 0 Å². The first-order valence-electron chi connectivity index (χ1n) is 5.68. The molecule has 1 aliphatic heterocycles. The van der Waals surface area contributed by atoms with Gasteiger partial charge in [0.25, 0.3) is 0 Å². The summed E-state index contributed by atoms with van der Waals surface area (Å²) >= 11 is 0. The standard InChI is InChI=1S/C11H19N5/c1-12-7-10-8-13-9-14-11(10)16-5-3-15(2)4-6-16/h8-9,12H,3-7H2,1-2H3. The van der Waals surface area contributed by atoms with Crippen molar-refractivity contribution in [3.8, 4) is 0 Å². The van der Waals surface area contributed by atoms with Crippen molar-refractivity contribution < 1.29 is 0 Å². The Balaban J connectivity index is 2.13. The van der Waals surface area contributed by atoms with Crippen LogP contribution in [0.4, 0.5) is 5.82 Å². The molecule has 16 heavy (non-hydrogen) atoms. The molecule has 0 amide bonds. The van der Waals surface area contributed by atoms with Gasteiger partial charge in [-0.1, -0.05) is 0 Å². The van der Waals surface area contributed by atoms with Gasteiger partial charge in [-0.3, -0.25) is 0 Å². The topological polar surface area (TPSA) is 44.3 Å². The van der Waals surface area contributed by atoms with Gasteiger partial charge in [0.05, 0.1) is 0 Å². The van der Waals surface area contributed by atoms with Gasteiger partial charge in [0, 0.05) is 44.5 Å². The highest BCUT2D eigenvalue weighted by Gasteiger charge is 2.17. The minimum Gasteiger partial charge on any atom is -0.354 e. The van der Waals surface area contributed by atoms with Crippen molar-refractivity contribution in [3.63, 3.8) is 0 Å². The van der Waals surface area contributed by atoms with Crippen LogP contribution >= 0.6 is 0 Å². The highest BCUT2D eigenvalue weighted by Crippen LogP contribution is 2.17. The molecule has 1 aromatic rings. The predicted molar refractivity (Wildman–Crippen MR) is 64.5 cm³/mol. The first-order valence-corrected chi connectivity index (χ1v) is 5.68. The number of hydrogen-bond acceptors (Lipinski definition) is 5. The van der Waals surface area contributed by atoms with Crippen molar-refractivity contribution in [2.75, 3.05) is 45.2 Å². The second kappa shape index (κ2) is 5.23. The van der Waals surface area contributed by atoms with Crippen molar-refractivity contribution in [1.82, 2.24) is 20.2 Å². The van der Waals surface area contributed by atoms with Crippen LogP contribution in [0.3, 0.4) is 0 Å². The molecule has 1 fully saturated rings. The SMILES string of the molecule is CNCc1cncnc1N1CCN(C)CC1. The van der Waals surface area contributed by atoms with Gasteiger partial charge in [0.2, 0.25) is 0 Å². The smallest absolute Gasteiger partial charge is 0.136 e. The zero-order valence-corrected chi connectivity index (χ0v) is 9.98. The lowest BCUT2D eigenvalue weighted by Crippen LogP contribution is -2.45. The van der Waals surface area contributed by atoms with E-state index in [1.165, 1.54) is 5.56 Å². The molecule has 0 spiro atoms.